The maximum atomic E-state index is 11.9. The van der Waals surface area contributed by atoms with E-state index in [0.717, 1.165) is 32.5 Å². The number of amides is 1. The molecule has 0 aromatic carbocycles. The molecule has 1 aliphatic heterocycles. The second-order valence-electron chi connectivity index (χ2n) is 4.21. The molecule has 82 valence electrons. The van der Waals surface area contributed by atoms with Crippen LogP contribution in [0.2, 0.25) is 0 Å². The van der Waals surface area contributed by atoms with Crippen LogP contribution in [0, 0.1) is 5.92 Å². The number of nitrogens with one attached hydrogen (secondary N) is 1. The standard InChI is InChI=1S/C10H18N2O.ClH/c1-8-7-11-5-6-12(8)10(13)9-3-2-4-9;/h8-9,11H,2-7H2,1H3;1H/t8-;/m1./s1. The summed E-state index contributed by atoms with van der Waals surface area (Å²) in [6, 6.07) is 0.391. The fourth-order valence-corrected chi connectivity index (χ4v) is 2.06. The SMILES string of the molecule is C[C@@H]1CNCCN1C(=O)C1CCC1.Cl. The van der Waals surface area contributed by atoms with E-state index in [1.54, 1.807) is 0 Å². The Hall–Kier alpha value is -0.280. The van der Waals surface area contributed by atoms with Crippen molar-refractivity contribution in [3.8, 4) is 0 Å². The highest BCUT2D eigenvalue weighted by Gasteiger charge is 2.32. The molecule has 0 spiro atoms. The smallest absolute Gasteiger partial charge is 0.226 e. The van der Waals surface area contributed by atoms with E-state index in [1.807, 2.05) is 0 Å². The van der Waals surface area contributed by atoms with Gasteiger partial charge in [0.05, 0.1) is 0 Å². The lowest BCUT2D eigenvalue weighted by Gasteiger charge is -2.38. The highest BCUT2D eigenvalue weighted by Crippen LogP contribution is 2.28. The third-order valence-electron chi connectivity index (χ3n) is 3.24. The van der Waals surface area contributed by atoms with E-state index in [0.29, 0.717) is 17.9 Å². The third kappa shape index (κ3) is 2.20. The van der Waals surface area contributed by atoms with Crippen molar-refractivity contribution in [1.82, 2.24) is 10.2 Å². The van der Waals surface area contributed by atoms with E-state index >= 15 is 0 Å². The van der Waals surface area contributed by atoms with Crippen LogP contribution in [0.4, 0.5) is 0 Å². The first kappa shape index (κ1) is 11.8. The summed E-state index contributed by atoms with van der Waals surface area (Å²) < 4.78 is 0. The molecule has 3 nitrogen and oxygen atoms in total. The fraction of sp³-hybridized carbons (Fsp3) is 0.900. The zero-order valence-corrected chi connectivity index (χ0v) is 9.48. The average molecular weight is 219 g/mol. The molecule has 4 heteroatoms. The number of hydrogen-bond donors (Lipinski definition) is 1. The number of hydrogen-bond acceptors (Lipinski definition) is 2. The lowest BCUT2D eigenvalue weighted by atomic mass is 9.84. The van der Waals surface area contributed by atoms with Crippen LogP contribution in [-0.4, -0.2) is 36.5 Å². The number of rotatable bonds is 1. The molecule has 1 amide bonds. The predicted octanol–water partition coefficient (Wildman–Crippen LogP) is 1.03. The van der Waals surface area contributed by atoms with Crippen LogP contribution < -0.4 is 5.32 Å². The maximum Gasteiger partial charge on any atom is 0.226 e. The Kier molecular flexibility index (Phi) is 4.20. The topological polar surface area (TPSA) is 32.3 Å². The number of halogens is 1. The summed E-state index contributed by atoms with van der Waals surface area (Å²) in [6.45, 7) is 4.94. The second-order valence-corrected chi connectivity index (χ2v) is 4.21. The predicted molar refractivity (Wildman–Crippen MR) is 58.6 cm³/mol. The molecule has 1 aliphatic carbocycles. The molecule has 1 saturated carbocycles. The van der Waals surface area contributed by atoms with Gasteiger partial charge in [0.15, 0.2) is 0 Å². The van der Waals surface area contributed by atoms with Crippen LogP contribution >= 0.6 is 12.4 Å². The molecule has 2 rings (SSSR count). The molecule has 0 radical (unpaired) electrons. The Labute approximate surface area is 91.6 Å². The van der Waals surface area contributed by atoms with Gasteiger partial charge in [-0.1, -0.05) is 6.42 Å². The molecule has 2 fully saturated rings. The van der Waals surface area contributed by atoms with Crippen LogP contribution in [0.25, 0.3) is 0 Å². The van der Waals surface area contributed by atoms with E-state index < -0.39 is 0 Å². The molecule has 1 heterocycles. The summed E-state index contributed by atoms with van der Waals surface area (Å²) in [6.07, 6.45) is 3.49. The number of piperazine rings is 1. The molecule has 14 heavy (non-hydrogen) atoms. The van der Waals surface area contributed by atoms with Crippen molar-refractivity contribution in [2.75, 3.05) is 19.6 Å². The van der Waals surface area contributed by atoms with Gasteiger partial charge in [0.25, 0.3) is 0 Å². The van der Waals surface area contributed by atoms with Crippen molar-refractivity contribution in [2.45, 2.75) is 32.2 Å². The highest BCUT2D eigenvalue weighted by atomic mass is 35.5. The first-order valence-electron chi connectivity index (χ1n) is 5.30. The van der Waals surface area contributed by atoms with Gasteiger partial charge in [-0.25, -0.2) is 0 Å². The molecule has 2 aliphatic rings. The van der Waals surface area contributed by atoms with Crippen LogP contribution in [0.3, 0.4) is 0 Å². The summed E-state index contributed by atoms with van der Waals surface area (Å²) in [4.78, 5) is 13.9. The lowest BCUT2D eigenvalue weighted by Crippen LogP contribution is -2.54. The number of carbonyl (C=O) groups excluding carboxylic acids is 1. The number of nitrogens with zero attached hydrogens (tertiary/aromatic N) is 1. The Balaban J connectivity index is 0.000000980. The minimum atomic E-state index is 0. The Bertz CT molecular complexity index is 206. The normalized spacial score (nSPS) is 27.8. The summed E-state index contributed by atoms with van der Waals surface area (Å²) in [5.74, 6) is 0.765. The molecule has 0 aromatic rings. The quantitative estimate of drug-likeness (QED) is 0.713. The largest absolute Gasteiger partial charge is 0.337 e. The molecule has 0 bridgehead atoms. The summed E-state index contributed by atoms with van der Waals surface area (Å²) in [7, 11) is 0. The van der Waals surface area contributed by atoms with Crippen molar-refractivity contribution in [1.29, 1.82) is 0 Å². The van der Waals surface area contributed by atoms with Crippen LogP contribution in [0.5, 0.6) is 0 Å². The van der Waals surface area contributed by atoms with Crippen molar-refractivity contribution in [3.05, 3.63) is 0 Å². The lowest BCUT2D eigenvalue weighted by molar-refractivity contribution is -0.141. The van der Waals surface area contributed by atoms with Crippen LogP contribution in [-0.2, 0) is 4.79 Å². The van der Waals surface area contributed by atoms with Crippen LogP contribution in [0.1, 0.15) is 26.2 Å². The van der Waals surface area contributed by atoms with E-state index in [9.17, 15) is 4.79 Å². The zero-order valence-electron chi connectivity index (χ0n) is 8.66. The highest BCUT2D eigenvalue weighted by molar-refractivity contribution is 5.85. The van der Waals surface area contributed by atoms with Gasteiger partial charge in [0, 0.05) is 31.6 Å². The van der Waals surface area contributed by atoms with Crippen molar-refractivity contribution in [3.63, 3.8) is 0 Å². The molecular formula is C10H19ClN2O. The summed E-state index contributed by atoms with van der Waals surface area (Å²) >= 11 is 0. The summed E-state index contributed by atoms with van der Waals surface area (Å²) in [5.41, 5.74) is 0. The molecular weight excluding hydrogens is 200 g/mol. The average Bonchev–Trinajstić information content (AvgIpc) is 2.01. The van der Waals surface area contributed by atoms with Gasteiger partial charge >= 0.3 is 0 Å². The van der Waals surface area contributed by atoms with E-state index in [4.69, 9.17) is 0 Å². The van der Waals surface area contributed by atoms with Gasteiger partial charge in [0.2, 0.25) is 5.91 Å². The fourth-order valence-electron chi connectivity index (χ4n) is 2.06. The van der Waals surface area contributed by atoms with E-state index in [2.05, 4.69) is 17.1 Å². The zero-order chi connectivity index (χ0) is 9.26. The van der Waals surface area contributed by atoms with E-state index in [-0.39, 0.29) is 12.4 Å². The monoisotopic (exact) mass is 218 g/mol. The summed E-state index contributed by atoms with van der Waals surface area (Å²) in [5, 5.41) is 3.30. The van der Waals surface area contributed by atoms with Crippen molar-refractivity contribution < 1.29 is 4.79 Å². The van der Waals surface area contributed by atoms with Gasteiger partial charge in [-0.3, -0.25) is 4.79 Å². The Morgan fingerprint density at radius 1 is 1.43 bits per heavy atom. The molecule has 1 atom stereocenters. The van der Waals surface area contributed by atoms with Crippen LogP contribution in [0.15, 0.2) is 0 Å². The van der Waals surface area contributed by atoms with Gasteiger partial charge in [-0.15, -0.1) is 12.4 Å². The first-order valence-corrected chi connectivity index (χ1v) is 5.30. The van der Waals surface area contributed by atoms with Gasteiger partial charge in [0.1, 0.15) is 0 Å². The second kappa shape index (κ2) is 4.99. The van der Waals surface area contributed by atoms with Gasteiger partial charge in [-0.05, 0) is 19.8 Å². The Morgan fingerprint density at radius 2 is 2.14 bits per heavy atom. The van der Waals surface area contributed by atoms with E-state index in [1.165, 1.54) is 6.42 Å². The molecule has 0 aromatic heterocycles. The first-order chi connectivity index (χ1) is 6.29. The van der Waals surface area contributed by atoms with Gasteiger partial charge in [-0.2, -0.15) is 0 Å². The maximum absolute atomic E-state index is 11.9. The minimum Gasteiger partial charge on any atom is -0.337 e. The minimum absolute atomic E-state index is 0. The molecule has 1 saturated heterocycles. The van der Waals surface area contributed by atoms with Crippen molar-refractivity contribution in [2.24, 2.45) is 5.92 Å². The number of carbonyl (C=O) groups is 1. The third-order valence-corrected chi connectivity index (χ3v) is 3.24. The Morgan fingerprint density at radius 3 is 2.64 bits per heavy atom. The van der Waals surface area contributed by atoms with Gasteiger partial charge < -0.3 is 10.2 Å². The molecule has 0 unspecified atom stereocenters. The van der Waals surface area contributed by atoms with Crippen molar-refractivity contribution >= 4 is 18.3 Å². The molecule has 1 N–H and O–H groups in total.